The van der Waals surface area contributed by atoms with Crippen LogP contribution < -0.4 is 4.74 Å². The molecule has 0 radical (unpaired) electrons. The van der Waals surface area contributed by atoms with E-state index >= 15 is 0 Å². The normalized spacial score (nSPS) is 25.4. The van der Waals surface area contributed by atoms with Gasteiger partial charge in [-0.05, 0) is 43.2 Å². The van der Waals surface area contributed by atoms with Gasteiger partial charge in [0, 0.05) is 43.6 Å². The summed E-state index contributed by atoms with van der Waals surface area (Å²) in [5.41, 5.74) is 3.53. The number of benzene rings is 1. The van der Waals surface area contributed by atoms with Gasteiger partial charge in [-0.3, -0.25) is 4.99 Å². The van der Waals surface area contributed by atoms with Crippen molar-refractivity contribution in [2.24, 2.45) is 4.99 Å². The first-order chi connectivity index (χ1) is 13.0. The van der Waals surface area contributed by atoms with E-state index in [1.54, 1.807) is 7.11 Å². The minimum Gasteiger partial charge on any atom is -0.495 e. The van der Waals surface area contributed by atoms with Gasteiger partial charge in [-0.15, -0.1) is 0 Å². The zero-order valence-electron chi connectivity index (χ0n) is 15.9. The lowest BCUT2D eigenvalue weighted by Gasteiger charge is -2.40. The monoisotopic (exact) mass is 404 g/mol. The van der Waals surface area contributed by atoms with E-state index in [1.807, 2.05) is 12.1 Å². The topological polar surface area (TPSA) is 31.3 Å². The lowest BCUT2D eigenvalue weighted by atomic mass is 10.0. The number of aryl methyl sites for hydroxylation is 1. The number of piperazine rings is 1. The molecule has 7 heteroatoms. The van der Waals surface area contributed by atoms with Crippen LogP contribution in [0.4, 0.5) is 0 Å². The summed E-state index contributed by atoms with van der Waals surface area (Å²) in [6.45, 7) is 8.05. The van der Waals surface area contributed by atoms with Crippen LogP contribution in [0.2, 0.25) is 5.02 Å². The van der Waals surface area contributed by atoms with Crippen LogP contribution in [-0.2, 0) is 0 Å². The van der Waals surface area contributed by atoms with Gasteiger partial charge < -0.3 is 14.5 Å². The maximum absolute atomic E-state index is 6.36. The number of thiol groups is 1. The standard InChI is InChI=1S/C20H25ClN4OS/c1-13-8-19(26-3)17(21)10-16(13)18-12-23-5-4-15(9-20(23)22-18)25-7-6-24(27)11-14(25)2/h4-5,8-10,14,18,27H,6-7,11-12H2,1-3H3. The summed E-state index contributed by atoms with van der Waals surface area (Å²) < 4.78 is 7.41. The van der Waals surface area contributed by atoms with E-state index in [-0.39, 0.29) is 6.04 Å². The summed E-state index contributed by atoms with van der Waals surface area (Å²) in [6, 6.07) is 4.49. The van der Waals surface area contributed by atoms with E-state index in [1.165, 1.54) is 5.70 Å². The van der Waals surface area contributed by atoms with E-state index < -0.39 is 0 Å². The molecule has 1 fully saturated rings. The number of hydrogen-bond donors (Lipinski definition) is 1. The molecule has 0 bridgehead atoms. The smallest absolute Gasteiger partial charge is 0.137 e. The van der Waals surface area contributed by atoms with E-state index in [4.69, 9.17) is 21.3 Å². The number of nitrogens with zero attached hydrogens (tertiary/aromatic N) is 4. The fourth-order valence-electron chi connectivity index (χ4n) is 4.01. The van der Waals surface area contributed by atoms with Gasteiger partial charge in [-0.25, -0.2) is 4.31 Å². The summed E-state index contributed by atoms with van der Waals surface area (Å²) in [5.74, 6) is 1.73. The molecule has 1 aromatic rings. The van der Waals surface area contributed by atoms with Crippen molar-refractivity contribution in [2.45, 2.75) is 25.9 Å². The van der Waals surface area contributed by atoms with Gasteiger partial charge in [0.2, 0.25) is 0 Å². The van der Waals surface area contributed by atoms with Gasteiger partial charge in [-0.2, -0.15) is 0 Å². The Kier molecular flexibility index (Phi) is 5.14. The molecule has 144 valence electrons. The molecule has 0 saturated carbocycles. The number of fused-ring (bicyclic) bond motifs is 1. The molecule has 0 aromatic heterocycles. The molecule has 5 nitrogen and oxygen atoms in total. The quantitative estimate of drug-likeness (QED) is 0.779. The maximum atomic E-state index is 6.36. The number of hydrogen-bond acceptors (Lipinski definition) is 6. The first-order valence-electron chi connectivity index (χ1n) is 9.25. The average Bonchev–Trinajstić information content (AvgIpc) is 3.06. The van der Waals surface area contributed by atoms with Crippen LogP contribution in [0, 0.1) is 6.92 Å². The van der Waals surface area contributed by atoms with Crippen molar-refractivity contribution in [1.29, 1.82) is 0 Å². The number of rotatable bonds is 3. The Morgan fingerprint density at radius 3 is 2.81 bits per heavy atom. The van der Waals surface area contributed by atoms with Gasteiger partial charge >= 0.3 is 0 Å². The highest BCUT2D eigenvalue weighted by molar-refractivity contribution is 7.77. The second-order valence-electron chi connectivity index (χ2n) is 7.34. The second-order valence-corrected chi connectivity index (χ2v) is 8.31. The molecular formula is C20H25ClN4OS. The molecule has 2 atom stereocenters. The van der Waals surface area contributed by atoms with Crippen LogP contribution >= 0.6 is 24.4 Å². The third kappa shape index (κ3) is 3.58. The van der Waals surface area contributed by atoms with Crippen molar-refractivity contribution in [3.05, 3.63) is 52.3 Å². The molecule has 4 rings (SSSR count). The number of amidine groups is 1. The Labute approximate surface area is 171 Å². The number of ether oxygens (including phenoxy) is 1. The van der Waals surface area contributed by atoms with Gasteiger partial charge in [0.25, 0.3) is 0 Å². The van der Waals surface area contributed by atoms with Gasteiger partial charge in [0.1, 0.15) is 11.6 Å². The van der Waals surface area contributed by atoms with Crippen LogP contribution in [0.25, 0.3) is 0 Å². The third-order valence-electron chi connectivity index (χ3n) is 5.49. The van der Waals surface area contributed by atoms with Gasteiger partial charge in [0.15, 0.2) is 0 Å². The molecule has 1 saturated heterocycles. The van der Waals surface area contributed by atoms with Crippen molar-refractivity contribution in [1.82, 2.24) is 14.1 Å². The van der Waals surface area contributed by atoms with E-state index in [2.05, 4.69) is 59.1 Å². The Morgan fingerprint density at radius 1 is 1.26 bits per heavy atom. The fraction of sp³-hybridized carbons (Fsp3) is 0.450. The number of allylic oxidation sites excluding steroid dienone is 1. The molecule has 0 N–H and O–H groups in total. The van der Waals surface area contributed by atoms with E-state index in [9.17, 15) is 0 Å². The predicted octanol–water partition coefficient (Wildman–Crippen LogP) is 3.67. The van der Waals surface area contributed by atoms with Crippen molar-refractivity contribution in [3.8, 4) is 5.75 Å². The highest BCUT2D eigenvalue weighted by Gasteiger charge is 2.30. The van der Waals surface area contributed by atoms with Crippen molar-refractivity contribution in [3.63, 3.8) is 0 Å². The Morgan fingerprint density at radius 2 is 2.07 bits per heavy atom. The number of aliphatic imine (C=N–C) groups is 1. The highest BCUT2D eigenvalue weighted by atomic mass is 35.5. The molecule has 3 aliphatic heterocycles. The summed E-state index contributed by atoms with van der Waals surface area (Å²) in [6.07, 6.45) is 6.54. The Bertz CT molecular complexity index is 838. The highest BCUT2D eigenvalue weighted by Crippen LogP contribution is 2.35. The molecule has 3 heterocycles. The van der Waals surface area contributed by atoms with E-state index in [0.29, 0.717) is 16.8 Å². The van der Waals surface area contributed by atoms with Crippen LogP contribution in [0.1, 0.15) is 24.1 Å². The lowest BCUT2D eigenvalue weighted by Crippen LogP contribution is -2.48. The second kappa shape index (κ2) is 7.41. The largest absolute Gasteiger partial charge is 0.495 e. The Balaban J connectivity index is 1.59. The third-order valence-corrected chi connectivity index (χ3v) is 6.15. The summed E-state index contributed by atoms with van der Waals surface area (Å²) >= 11 is 10.8. The zero-order valence-corrected chi connectivity index (χ0v) is 17.5. The Hall–Kier alpha value is -1.63. The molecule has 1 aromatic carbocycles. The number of methoxy groups -OCH3 is 1. The fourth-order valence-corrected chi connectivity index (χ4v) is 4.59. The van der Waals surface area contributed by atoms with Gasteiger partial charge in [0.05, 0.1) is 24.7 Å². The molecule has 3 aliphatic rings. The van der Waals surface area contributed by atoms with Crippen LogP contribution in [0.5, 0.6) is 5.75 Å². The summed E-state index contributed by atoms with van der Waals surface area (Å²) in [5, 5.41) is 0.633. The minimum absolute atomic E-state index is 0.0790. The molecule has 27 heavy (non-hydrogen) atoms. The average molecular weight is 405 g/mol. The van der Waals surface area contributed by atoms with Crippen LogP contribution in [-0.4, -0.2) is 59.3 Å². The lowest BCUT2D eigenvalue weighted by molar-refractivity contribution is 0.180. The molecule has 0 aliphatic carbocycles. The molecule has 0 spiro atoms. The number of halogens is 1. The van der Waals surface area contributed by atoms with Crippen molar-refractivity contribution < 1.29 is 4.74 Å². The molecule has 2 unspecified atom stereocenters. The zero-order chi connectivity index (χ0) is 19.1. The SMILES string of the molecule is COc1cc(C)c(C2CN3C=CC(N4CCN(S)CC4C)=CC3=N2)cc1Cl. The summed E-state index contributed by atoms with van der Waals surface area (Å²) in [4.78, 5) is 9.64. The van der Waals surface area contributed by atoms with Crippen LogP contribution in [0.3, 0.4) is 0 Å². The molecule has 0 amide bonds. The first-order valence-corrected chi connectivity index (χ1v) is 10.0. The molecular weight excluding hydrogens is 380 g/mol. The maximum Gasteiger partial charge on any atom is 0.137 e. The minimum atomic E-state index is 0.0790. The van der Waals surface area contributed by atoms with Crippen LogP contribution in [0.15, 0.2) is 41.2 Å². The van der Waals surface area contributed by atoms with E-state index in [0.717, 1.165) is 43.1 Å². The predicted molar refractivity (Wildman–Crippen MR) is 114 cm³/mol. The van der Waals surface area contributed by atoms with Gasteiger partial charge in [-0.1, -0.05) is 24.4 Å². The summed E-state index contributed by atoms with van der Waals surface area (Å²) in [7, 11) is 1.64. The first kappa shape index (κ1) is 18.7. The van der Waals surface area contributed by atoms with Crippen molar-refractivity contribution in [2.75, 3.05) is 33.3 Å². The van der Waals surface area contributed by atoms with Crippen molar-refractivity contribution >= 4 is 30.3 Å².